The first-order chi connectivity index (χ1) is 26.2. The summed E-state index contributed by atoms with van der Waals surface area (Å²) < 4.78 is 126. The molecule has 0 spiro atoms. The highest BCUT2D eigenvalue weighted by atomic mass is 32.2. The number of phenols is 2. The molecular formula is C35H26N4O13S4. The van der Waals surface area contributed by atoms with E-state index in [4.69, 9.17) is 0 Å². The van der Waals surface area contributed by atoms with Crippen molar-refractivity contribution in [3.63, 3.8) is 0 Å². The highest BCUT2D eigenvalue weighted by Crippen LogP contribution is 2.52. The fourth-order valence-electron chi connectivity index (χ4n) is 7.27. The lowest BCUT2D eigenvalue weighted by molar-refractivity contribution is 0.262. The summed E-state index contributed by atoms with van der Waals surface area (Å²) in [5.41, 5.74) is -0.102. The Balaban J connectivity index is 1.17. The Morgan fingerprint density at radius 1 is 0.554 bits per heavy atom. The van der Waals surface area contributed by atoms with Gasteiger partial charge in [0.15, 0.2) is 0 Å². The second-order valence-corrected chi connectivity index (χ2v) is 19.0. The zero-order valence-electron chi connectivity index (χ0n) is 28.6. The van der Waals surface area contributed by atoms with Crippen LogP contribution in [0.3, 0.4) is 0 Å². The third-order valence-corrected chi connectivity index (χ3v) is 15.0. The summed E-state index contributed by atoms with van der Waals surface area (Å²) in [7, 11) is -19.0. The molecule has 10 rings (SSSR count). The van der Waals surface area contributed by atoms with E-state index in [9.17, 15) is 57.8 Å². The van der Waals surface area contributed by atoms with Gasteiger partial charge in [-0.05, 0) is 49.2 Å². The lowest BCUT2D eigenvalue weighted by Crippen LogP contribution is -2.35. The minimum atomic E-state index is -4.94. The number of sulfonamides is 2. The normalized spacial score (nSPS) is 15.4. The lowest BCUT2D eigenvalue weighted by atomic mass is 10.1. The number of carbonyl (C=O) groups excluding carboxylic acids is 1. The Hall–Kier alpha value is -5.97. The van der Waals surface area contributed by atoms with Gasteiger partial charge in [-0.15, -0.1) is 0 Å². The molecule has 2 amide bonds. The summed E-state index contributed by atoms with van der Waals surface area (Å²) in [4.78, 5) is 11.2. The highest BCUT2D eigenvalue weighted by molar-refractivity contribution is 7.94. The van der Waals surface area contributed by atoms with Crippen molar-refractivity contribution in [3.05, 3.63) is 96.1 Å². The van der Waals surface area contributed by atoms with E-state index in [1.165, 1.54) is 86.6 Å². The Morgan fingerprint density at radius 3 is 1.23 bits per heavy atom. The van der Waals surface area contributed by atoms with Crippen LogP contribution in [0.1, 0.15) is 11.1 Å². The van der Waals surface area contributed by atoms with E-state index in [1.807, 2.05) is 0 Å². The summed E-state index contributed by atoms with van der Waals surface area (Å²) in [5.74, 6) is -1.81. The summed E-state index contributed by atoms with van der Waals surface area (Å²) >= 11 is 0. The molecule has 0 unspecified atom stereocenters. The van der Waals surface area contributed by atoms with E-state index in [0.717, 1.165) is 20.7 Å². The van der Waals surface area contributed by atoms with Crippen LogP contribution in [0.5, 0.6) is 11.5 Å². The SMILES string of the molecule is Cc1c2ccc(c1NC(=O)Nc1c3ccc(c1C)N(c1cc(O)c(S(=O)(=O)O)c4ccccc14)S3(=O)=O)S(=O)(=O)N2c1cc(O)c(S(=O)(=O)O)c2ccccc12. The number of urea groups is 1. The molecule has 0 atom stereocenters. The molecule has 288 valence electrons. The largest absolute Gasteiger partial charge is 0.506 e. The van der Waals surface area contributed by atoms with E-state index >= 15 is 0 Å². The first-order valence-corrected chi connectivity index (χ1v) is 21.8. The van der Waals surface area contributed by atoms with Crippen LogP contribution in [0.4, 0.5) is 38.9 Å². The van der Waals surface area contributed by atoms with Crippen LogP contribution in [0.2, 0.25) is 0 Å². The molecule has 17 nitrogen and oxygen atoms in total. The molecule has 0 saturated heterocycles. The number of hydrogen-bond donors (Lipinski definition) is 6. The van der Waals surface area contributed by atoms with Gasteiger partial charge in [-0.3, -0.25) is 9.11 Å². The molecule has 0 radical (unpaired) electrons. The fourth-order valence-corrected chi connectivity index (χ4v) is 12.4. The van der Waals surface area contributed by atoms with Crippen LogP contribution in [0.25, 0.3) is 21.5 Å². The number of aromatic hydroxyl groups is 2. The van der Waals surface area contributed by atoms with Crippen molar-refractivity contribution in [1.29, 1.82) is 0 Å². The maximum atomic E-state index is 14.1. The van der Waals surface area contributed by atoms with Crippen molar-refractivity contribution in [3.8, 4) is 11.5 Å². The minimum absolute atomic E-state index is 0.0214. The number of hydrogen-bond acceptors (Lipinski definition) is 11. The third-order valence-electron chi connectivity index (χ3n) is 9.61. The van der Waals surface area contributed by atoms with Crippen molar-refractivity contribution in [2.75, 3.05) is 19.2 Å². The van der Waals surface area contributed by atoms with Gasteiger partial charge in [0.1, 0.15) is 31.1 Å². The van der Waals surface area contributed by atoms with Crippen molar-refractivity contribution in [1.82, 2.24) is 0 Å². The monoisotopic (exact) mass is 838 g/mol. The standard InChI is InChI=1S/C35H26N4O13S4/c1-17-23-11-13-29(53(43,44)38(23)25-15-27(40)33(55(47,48)49)21-9-5-3-7-19(21)25)31(17)36-35(42)37-32-18(2)24-12-14-30(32)54(45,46)39(24)26-16-28(41)34(56(50,51)52)22-10-6-4-8-20(22)26/h3-16,40-41H,1-2H3,(H2,36,37,42)(H,47,48,49)(H,50,51,52). The summed E-state index contributed by atoms with van der Waals surface area (Å²) in [6.45, 7) is 3.00. The smallest absolute Gasteiger partial charge is 0.323 e. The molecule has 4 aliphatic heterocycles. The number of nitrogens with one attached hydrogen (secondary N) is 2. The number of rotatable bonds is 6. The fraction of sp³-hybridized carbons (Fsp3) is 0.0571. The number of benzene rings is 6. The highest BCUT2D eigenvalue weighted by Gasteiger charge is 2.42. The first kappa shape index (κ1) is 37.0. The molecule has 6 aromatic carbocycles. The van der Waals surface area contributed by atoms with E-state index in [0.29, 0.717) is 0 Å². The predicted molar refractivity (Wildman–Crippen MR) is 205 cm³/mol. The van der Waals surface area contributed by atoms with Gasteiger partial charge in [0.05, 0.1) is 34.1 Å². The second-order valence-electron chi connectivity index (χ2n) is 12.8. The van der Waals surface area contributed by atoms with Crippen LogP contribution in [0, 0.1) is 13.8 Å². The summed E-state index contributed by atoms with van der Waals surface area (Å²) in [6, 6.07) is 17.4. The predicted octanol–water partition coefficient (Wildman–Crippen LogP) is 5.84. The van der Waals surface area contributed by atoms with E-state index < -0.39 is 67.6 Å². The first-order valence-electron chi connectivity index (χ1n) is 16.1. The third kappa shape index (κ3) is 5.27. The van der Waals surface area contributed by atoms with Gasteiger partial charge >= 0.3 is 6.03 Å². The number of amides is 2. The zero-order chi connectivity index (χ0) is 40.4. The Labute approximate surface area is 318 Å². The Morgan fingerprint density at radius 2 is 0.893 bits per heavy atom. The van der Waals surface area contributed by atoms with Crippen molar-refractivity contribution in [2.45, 2.75) is 33.4 Å². The number of carbonyl (C=O) groups is 1. The van der Waals surface area contributed by atoms with Crippen LogP contribution < -0.4 is 19.2 Å². The molecule has 0 fully saturated rings. The van der Waals surface area contributed by atoms with Gasteiger partial charge in [-0.1, -0.05) is 48.5 Å². The Kier molecular flexibility index (Phi) is 7.93. The average Bonchev–Trinajstić information content (AvgIpc) is 3.09. The summed E-state index contributed by atoms with van der Waals surface area (Å²) in [6.07, 6.45) is 0. The van der Waals surface area contributed by atoms with Gasteiger partial charge in [-0.2, -0.15) is 16.8 Å². The van der Waals surface area contributed by atoms with Gasteiger partial charge in [-0.25, -0.2) is 30.2 Å². The van der Waals surface area contributed by atoms with Crippen molar-refractivity contribution in [2.24, 2.45) is 0 Å². The van der Waals surface area contributed by atoms with E-state index in [-0.39, 0.29) is 76.6 Å². The molecule has 21 heteroatoms. The maximum Gasteiger partial charge on any atom is 0.323 e. The van der Waals surface area contributed by atoms with Crippen LogP contribution in [-0.2, 0) is 40.3 Å². The molecule has 4 heterocycles. The average molecular weight is 839 g/mol. The Bertz CT molecular complexity index is 3050. The lowest BCUT2D eigenvalue weighted by Gasteiger charge is -2.35. The molecule has 6 aromatic rings. The van der Waals surface area contributed by atoms with E-state index in [1.54, 1.807) is 0 Å². The number of nitrogens with zero attached hydrogens (tertiary/aromatic N) is 2. The maximum absolute atomic E-state index is 14.1. The second kappa shape index (κ2) is 12.0. The molecule has 0 saturated carbocycles. The zero-order valence-corrected chi connectivity index (χ0v) is 31.8. The topological polar surface area (TPSA) is 265 Å². The quantitative estimate of drug-likeness (QED) is 0.108. The molecule has 6 N–H and O–H groups in total. The summed E-state index contributed by atoms with van der Waals surface area (Å²) in [5, 5.41) is 26.2. The van der Waals surface area contributed by atoms with Crippen LogP contribution in [-0.4, -0.2) is 59.0 Å². The van der Waals surface area contributed by atoms with Gasteiger partial charge in [0.25, 0.3) is 40.3 Å². The van der Waals surface area contributed by atoms with Crippen molar-refractivity contribution < 1.29 is 57.8 Å². The van der Waals surface area contributed by atoms with Crippen molar-refractivity contribution >= 4 is 102 Å². The number of fused-ring (bicyclic) bond motifs is 8. The van der Waals surface area contributed by atoms with Crippen LogP contribution in [0.15, 0.2) is 105 Å². The van der Waals surface area contributed by atoms with Crippen LogP contribution >= 0.6 is 0 Å². The molecule has 4 bridgehead atoms. The minimum Gasteiger partial charge on any atom is -0.506 e. The molecular weight excluding hydrogens is 813 g/mol. The molecule has 0 aromatic heterocycles. The van der Waals surface area contributed by atoms with Gasteiger partial charge < -0.3 is 20.8 Å². The molecule has 4 aliphatic rings. The molecule has 56 heavy (non-hydrogen) atoms. The van der Waals surface area contributed by atoms with Gasteiger partial charge in [0, 0.05) is 33.7 Å². The number of phenolic OH excluding ortho intramolecular Hbond substituents is 2. The van der Waals surface area contributed by atoms with E-state index in [2.05, 4.69) is 10.6 Å². The van der Waals surface area contributed by atoms with Gasteiger partial charge in [0.2, 0.25) is 0 Å². The molecule has 0 aliphatic carbocycles. The number of anilines is 6.